The largest absolute Gasteiger partial charge is 0.380 e. The highest BCUT2D eigenvalue weighted by molar-refractivity contribution is 14.1. The van der Waals surface area contributed by atoms with Gasteiger partial charge in [-0.15, -0.1) is 11.3 Å². The first-order valence-electron chi connectivity index (χ1n) is 6.66. The number of halogens is 1. The summed E-state index contributed by atoms with van der Waals surface area (Å²) in [6.45, 7) is 4.36. The molecule has 2 heterocycles. The summed E-state index contributed by atoms with van der Waals surface area (Å²) in [7, 11) is 0. The maximum absolute atomic E-state index is 6.01. The molecule has 3 aromatic rings. The van der Waals surface area contributed by atoms with Gasteiger partial charge >= 0.3 is 0 Å². The Labute approximate surface area is 141 Å². The fourth-order valence-electron chi connectivity index (χ4n) is 2.24. The normalized spacial score (nSPS) is 11.2. The summed E-state index contributed by atoms with van der Waals surface area (Å²) in [6, 6.07) is 10.5. The molecule has 5 heteroatoms. The van der Waals surface area contributed by atoms with Crippen LogP contribution in [-0.2, 0) is 0 Å². The molecule has 108 valence electrons. The molecule has 0 aliphatic heterocycles. The zero-order valence-electron chi connectivity index (χ0n) is 11.8. The zero-order chi connectivity index (χ0) is 15.0. The molecule has 1 aromatic carbocycles. The summed E-state index contributed by atoms with van der Waals surface area (Å²) in [5.41, 5.74) is 10.3. The maximum Gasteiger partial charge on any atom is 0.177 e. The Kier molecular flexibility index (Phi) is 4.03. The molecule has 0 saturated carbocycles. The second kappa shape index (κ2) is 5.81. The third-order valence-electron chi connectivity index (χ3n) is 3.41. The first-order chi connectivity index (χ1) is 10.1. The van der Waals surface area contributed by atoms with Gasteiger partial charge in [-0.25, -0.2) is 0 Å². The molecular formula is C16H15IN2OS. The number of benzene rings is 1. The number of anilines is 1. The highest BCUT2D eigenvalue weighted by Gasteiger charge is 2.18. The average Bonchev–Trinajstić information content (AvgIpc) is 3.05. The molecule has 21 heavy (non-hydrogen) atoms. The molecule has 2 aromatic heterocycles. The molecule has 0 bridgehead atoms. The first-order valence-corrected chi connectivity index (χ1v) is 8.62. The number of hydrogen-bond acceptors (Lipinski definition) is 4. The number of nitrogens with two attached hydrogens (primary N) is 1. The standard InChI is InChI=1S/C16H15IN2OS/c1-9(2)10-3-5-11(6-4-10)14-15(20-19-16(14)18)12-7-13(17)21-8-12/h3-9H,1-2H3,(H2,18,19). The molecule has 0 radical (unpaired) electrons. The molecule has 0 spiro atoms. The van der Waals surface area contributed by atoms with Crippen LogP contribution < -0.4 is 5.73 Å². The summed E-state index contributed by atoms with van der Waals surface area (Å²) >= 11 is 3.97. The molecule has 0 aliphatic rings. The molecule has 3 nitrogen and oxygen atoms in total. The first kappa shape index (κ1) is 14.6. The minimum absolute atomic E-state index is 0.434. The second-order valence-electron chi connectivity index (χ2n) is 5.19. The molecule has 0 aliphatic carbocycles. The van der Waals surface area contributed by atoms with Crippen LogP contribution >= 0.6 is 33.9 Å². The van der Waals surface area contributed by atoms with E-state index in [-0.39, 0.29) is 0 Å². The molecular weight excluding hydrogens is 395 g/mol. The fourth-order valence-corrected chi connectivity index (χ4v) is 3.57. The third-order valence-corrected chi connectivity index (χ3v) is 5.20. The van der Waals surface area contributed by atoms with Crippen molar-refractivity contribution >= 4 is 39.7 Å². The number of rotatable bonds is 3. The van der Waals surface area contributed by atoms with Gasteiger partial charge in [0.25, 0.3) is 0 Å². The fraction of sp³-hybridized carbons (Fsp3) is 0.188. The van der Waals surface area contributed by atoms with Crippen molar-refractivity contribution in [2.45, 2.75) is 19.8 Å². The number of nitrogen functional groups attached to an aromatic ring is 1. The van der Waals surface area contributed by atoms with Crippen LogP contribution in [0.4, 0.5) is 5.82 Å². The van der Waals surface area contributed by atoms with E-state index in [9.17, 15) is 0 Å². The molecule has 3 rings (SSSR count). The summed E-state index contributed by atoms with van der Waals surface area (Å²) in [6.07, 6.45) is 0. The van der Waals surface area contributed by atoms with Gasteiger partial charge in [-0.1, -0.05) is 43.3 Å². The van der Waals surface area contributed by atoms with Gasteiger partial charge in [-0.05, 0) is 45.7 Å². The predicted molar refractivity (Wildman–Crippen MR) is 96.5 cm³/mol. The Morgan fingerprint density at radius 2 is 1.90 bits per heavy atom. The van der Waals surface area contributed by atoms with E-state index in [1.807, 2.05) is 0 Å². The van der Waals surface area contributed by atoms with Crippen LogP contribution in [0.2, 0.25) is 0 Å². The van der Waals surface area contributed by atoms with Gasteiger partial charge < -0.3 is 10.3 Å². The van der Waals surface area contributed by atoms with Crippen molar-refractivity contribution < 1.29 is 4.52 Å². The monoisotopic (exact) mass is 410 g/mol. The number of aromatic nitrogens is 1. The van der Waals surface area contributed by atoms with Crippen molar-refractivity contribution in [3.05, 3.63) is 44.2 Å². The molecule has 0 fully saturated rings. The highest BCUT2D eigenvalue weighted by atomic mass is 127. The van der Waals surface area contributed by atoms with Crippen molar-refractivity contribution in [3.8, 4) is 22.5 Å². The summed E-state index contributed by atoms with van der Waals surface area (Å²) < 4.78 is 6.66. The van der Waals surface area contributed by atoms with Crippen LogP contribution in [0.5, 0.6) is 0 Å². The SMILES string of the molecule is CC(C)c1ccc(-c2c(N)noc2-c2csc(I)c2)cc1. The maximum atomic E-state index is 6.01. The second-order valence-corrected chi connectivity index (χ2v) is 7.99. The van der Waals surface area contributed by atoms with Crippen LogP contribution in [-0.4, -0.2) is 5.16 Å². The van der Waals surface area contributed by atoms with Gasteiger partial charge in [0.2, 0.25) is 0 Å². The van der Waals surface area contributed by atoms with Gasteiger partial charge in [0.15, 0.2) is 11.6 Å². The van der Waals surface area contributed by atoms with Crippen molar-refractivity contribution in [1.82, 2.24) is 5.16 Å². The van der Waals surface area contributed by atoms with Crippen molar-refractivity contribution in [2.75, 3.05) is 5.73 Å². The Morgan fingerprint density at radius 3 is 2.48 bits per heavy atom. The number of hydrogen-bond donors (Lipinski definition) is 1. The van der Waals surface area contributed by atoms with Crippen LogP contribution in [0, 0.1) is 2.88 Å². The molecule has 0 saturated heterocycles. The lowest BCUT2D eigenvalue weighted by atomic mass is 9.98. The predicted octanol–water partition coefficient (Wildman–Crippen LogP) is 5.38. The van der Waals surface area contributed by atoms with Gasteiger partial charge in [0, 0.05) is 10.9 Å². The highest BCUT2D eigenvalue weighted by Crippen LogP contribution is 2.38. The van der Waals surface area contributed by atoms with E-state index >= 15 is 0 Å². The van der Waals surface area contributed by atoms with Crippen molar-refractivity contribution in [3.63, 3.8) is 0 Å². The van der Waals surface area contributed by atoms with Crippen molar-refractivity contribution in [2.24, 2.45) is 0 Å². The smallest absolute Gasteiger partial charge is 0.177 e. The summed E-state index contributed by atoms with van der Waals surface area (Å²) in [5, 5.41) is 6.00. The van der Waals surface area contributed by atoms with E-state index in [1.54, 1.807) is 11.3 Å². The van der Waals surface area contributed by atoms with Gasteiger partial charge in [-0.3, -0.25) is 0 Å². The third kappa shape index (κ3) is 2.85. The van der Waals surface area contributed by atoms with E-state index in [0.717, 1.165) is 22.5 Å². The van der Waals surface area contributed by atoms with E-state index in [1.165, 1.54) is 8.45 Å². The lowest BCUT2D eigenvalue weighted by molar-refractivity contribution is 0.436. The summed E-state index contributed by atoms with van der Waals surface area (Å²) in [5.74, 6) is 1.68. The van der Waals surface area contributed by atoms with Crippen LogP contribution in [0.1, 0.15) is 25.3 Å². The number of thiophene rings is 1. The Hall–Kier alpha value is -1.34. The van der Waals surface area contributed by atoms with Gasteiger partial charge in [-0.2, -0.15) is 0 Å². The van der Waals surface area contributed by atoms with E-state index in [4.69, 9.17) is 10.3 Å². The quantitative estimate of drug-likeness (QED) is 0.590. The Morgan fingerprint density at radius 1 is 1.19 bits per heavy atom. The van der Waals surface area contributed by atoms with E-state index in [2.05, 4.69) is 77.3 Å². The Balaban J connectivity index is 2.08. The van der Waals surface area contributed by atoms with Crippen LogP contribution in [0.3, 0.4) is 0 Å². The summed E-state index contributed by atoms with van der Waals surface area (Å²) in [4.78, 5) is 0. The molecule has 0 atom stereocenters. The topological polar surface area (TPSA) is 52.0 Å². The van der Waals surface area contributed by atoms with Crippen LogP contribution in [0.15, 0.2) is 40.2 Å². The molecule has 0 amide bonds. The molecule has 0 unspecified atom stereocenters. The lowest BCUT2D eigenvalue weighted by Gasteiger charge is -2.07. The van der Waals surface area contributed by atoms with Crippen LogP contribution in [0.25, 0.3) is 22.5 Å². The average molecular weight is 410 g/mol. The van der Waals surface area contributed by atoms with Gasteiger partial charge in [0.1, 0.15) is 0 Å². The lowest BCUT2D eigenvalue weighted by Crippen LogP contribution is -1.90. The Bertz CT molecular complexity index is 759. The van der Waals surface area contributed by atoms with Gasteiger partial charge in [0.05, 0.1) is 8.45 Å². The number of nitrogens with zero attached hydrogens (tertiary/aromatic N) is 1. The van der Waals surface area contributed by atoms with E-state index in [0.29, 0.717) is 11.7 Å². The molecule has 2 N–H and O–H groups in total. The van der Waals surface area contributed by atoms with Crippen molar-refractivity contribution in [1.29, 1.82) is 0 Å². The minimum Gasteiger partial charge on any atom is -0.380 e. The zero-order valence-corrected chi connectivity index (χ0v) is 14.7. The minimum atomic E-state index is 0.434. The van der Waals surface area contributed by atoms with E-state index < -0.39 is 0 Å².